The molecule has 1 aromatic rings. The topological polar surface area (TPSA) is 46.3 Å². The van der Waals surface area contributed by atoms with Crippen LogP contribution in [0.2, 0.25) is 0 Å². The van der Waals surface area contributed by atoms with Crippen LogP contribution in [0.5, 0.6) is 0 Å². The summed E-state index contributed by atoms with van der Waals surface area (Å²) in [6.45, 7) is 1.59. The first-order valence-electron chi connectivity index (χ1n) is 8.04. The predicted octanol–water partition coefficient (Wildman–Crippen LogP) is 2.26. The SMILES string of the molecule is NC1CCC2CN(C(=O)C3CC3c3ccc(F)c(F)c3)CC12. The molecule has 1 heterocycles. The Balaban J connectivity index is 1.42. The number of likely N-dealkylation sites (tertiary alicyclic amines) is 1. The summed E-state index contributed by atoms with van der Waals surface area (Å²) in [5.74, 6) is -0.539. The van der Waals surface area contributed by atoms with Crippen molar-refractivity contribution < 1.29 is 13.6 Å². The Morgan fingerprint density at radius 1 is 1.18 bits per heavy atom. The van der Waals surface area contributed by atoms with Gasteiger partial charge in [0, 0.05) is 25.0 Å². The minimum absolute atomic E-state index is 0.0386. The second kappa shape index (κ2) is 5.01. The van der Waals surface area contributed by atoms with Crippen LogP contribution in [0.1, 0.15) is 30.7 Å². The number of hydrogen-bond acceptors (Lipinski definition) is 2. The quantitative estimate of drug-likeness (QED) is 0.911. The molecule has 1 amide bonds. The maximum atomic E-state index is 13.3. The van der Waals surface area contributed by atoms with Gasteiger partial charge < -0.3 is 10.6 Å². The Morgan fingerprint density at radius 3 is 2.73 bits per heavy atom. The highest BCUT2D eigenvalue weighted by atomic mass is 19.2. The van der Waals surface area contributed by atoms with Crippen LogP contribution in [0.15, 0.2) is 18.2 Å². The number of benzene rings is 1. The van der Waals surface area contributed by atoms with E-state index in [0.717, 1.165) is 44.0 Å². The lowest BCUT2D eigenvalue weighted by molar-refractivity contribution is -0.131. The lowest BCUT2D eigenvalue weighted by Gasteiger charge is -2.19. The van der Waals surface area contributed by atoms with Crippen molar-refractivity contribution in [2.24, 2.45) is 23.5 Å². The highest BCUT2D eigenvalue weighted by molar-refractivity contribution is 5.83. The summed E-state index contributed by atoms with van der Waals surface area (Å²) in [5, 5.41) is 0. The van der Waals surface area contributed by atoms with Crippen molar-refractivity contribution in [3.05, 3.63) is 35.4 Å². The van der Waals surface area contributed by atoms with Crippen molar-refractivity contribution in [3.63, 3.8) is 0 Å². The first-order chi connectivity index (χ1) is 10.5. The molecular formula is C17H20F2N2O. The number of fused-ring (bicyclic) bond motifs is 1. The third-order valence-electron chi connectivity index (χ3n) is 5.70. The molecule has 2 aliphatic carbocycles. The minimum Gasteiger partial charge on any atom is -0.342 e. The van der Waals surface area contributed by atoms with E-state index < -0.39 is 11.6 Å². The highest BCUT2D eigenvalue weighted by Gasteiger charge is 2.50. The van der Waals surface area contributed by atoms with E-state index in [9.17, 15) is 13.6 Å². The van der Waals surface area contributed by atoms with Gasteiger partial charge in [0.2, 0.25) is 5.91 Å². The average Bonchev–Trinajstić information content (AvgIpc) is 3.06. The summed E-state index contributed by atoms with van der Waals surface area (Å²) in [5.41, 5.74) is 6.84. The molecule has 0 aromatic heterocycles. The molecule has 3 fully saturated rings. The molecule has 0 radical (unpaired) electrons. The molecule has 1 aromatic carbocycles. The van der Waals surface area contributed by atoms with Crippen LogP contribution in [0.3, 0.4) is 0 Å². The van der Waals surface area contributed by atoms with Crippen molar-refractivity contribution in [2.75, 3.05) is 13.1 Å². The van der Waals surface area contributed by atoms with Gasteiger partial charge in [-0.25, -0.2) is 8.78 Å². The van der Waals surface area contributed by atoms with E-state index in [0.29, 0.717) is 11.8 Å². The summed E-state index contributed by atoms with van der Waals surface area (Å²) in [6.07, 6.45) is 2.92. The Kier molecular flexibility index (Phi) is 3.22. The van der Waals surface area contributed by atoms with Gasteiger partial charge in [-0.3, -0.25) is 4.79 Å². The van der Waals surface area contributed by atoms with E-state index in [2.05, 4.69) is 0 Å². The van der Waals surface area contributed by atoms with Gasteiger partial charge in [0.15, 0.2) is 11.6 Å². The van der Waals surface area contributed by atoms with Crippen molar-refractivity contribution in [1.29, 1.82) is 0 Å². The second-order valence-corrected chi connectivity index (χ2v) is 7.03. The number of carbonyl (C=O) groups is 1. The largest absolute Gasteiger partial charge is 0.342 e. The van der Waals surface area contributed by atoms with Gasteiger partial charge >= 0.3 is 0 Å². The zero-order chi connectivity index (χ0) is 15.4. The first-order valence-corrected chi connectivity index (χ1v) is 8.04. The molecule has 0 spiro atoms. The third kappa shape index (κ3) is 2.22. The predicted molar refractivity (Wildman–Crippen MR) is 78.0 cm³/mol. The number of halogens is 2. The number of hydrogen-bond donors (Lipinski definition) is 1. The number of rotatable bonds is 2. The first kappa shape index (κ1) is 14.1. The van der Waals surface area contributed by atoms with Crippen LogP contribution in [-0.4, -0.2) is 29.9 Å². The van der Waals surface area contributed by atoms with Gasteiger partial charge in [0.1, 0.15) is 0 Å². The Morgan fingerprint density at radius 2 is 2.00 bits per heavy atom. The number of nitrogens with zero attached hydrogens (tertiary/aromatic N) is 1. The highest BCUT2D eigenvalue weighted by Crippen LogP contribution is 2.50. The molecule has 5 atom stereocenters. The summed E-state index contributed by atoms with van der Waals surface area (Å²) in [7, 11) is 0. The maximum absolute atomic E-state index is 13.3. The Bertz CT molecular complexity index is 621. The van der Waals surface area contributed by atoms with Gasteiger partial charge in [-0.1, -0.05) is 6.07 Å². The number of amides is 1. The molecule has 5 unspecified atom stereocenters. The average molecular weight is 306 g/mol. The molecule has 0 bridgehead atoms. The Hall–Kier alpha value is -1.49. The monoisotopic (exact) mass is 306 g/mol. The third-order valence-corrected chi connectivity index (χ3v) is 5.70. The molecule has 1 aliphatic heterocycles. The normalized spacial score (nSPS) is 36.5. The number of nitrogens with two attached hydrogens (primary N) is 1. The lowest BCUT2D eigenvalue weighted by atomic mass is 9.98. The summed E-state index contributed by atoms with van der Waals surface area (Å²) < 4.78 is 26.3. The zero-order valence-electron chi connectivity index (χ0n) is 12.3. The van der Waals surface area contributed by atoms with Crippen molar-refractivity contribution in [1.82, 2.24) is 4.90 Å². The van der Waals surface area contributed by atoms with E-state index in [4.69, 9.17) is 5.73 Å². The smallest absolute Gasteiger partial charge is 0.226 e. The summed E-state index contributed by atoms with van der Waals surface area (Å²) in [4.78, 5) is 14.5. The van der Waals surface area contributed by atoms with Crippen LogP contribution in [0, 0.1) is 29.4 Å². The van der Waals surface area contributed by atoms with Crippen LogP contribution in [-0.2, 0) is 4.79 Å². The molecule has 22 heavy (non-hydrogen) atoms. The second-order valence-electron chi connectivity index (χ2n) is 7.03. The van der Waals surface area contributed by atoms with E-state index >= 15 is 0 Å². The molecule has 118 valence electrons. The van der Waals surface area contributed by atoms with E-state index in [1.807, 2.05) is 4.90 Å². The van der Waals surface area contributed by atoms with Gasteiger partial charge in [-0.05, 0) is 54.7 Å². The molecule has 3 nitrogen and oxygen atoms in total. The molecule has 1 saturated heterocycles. The van der Waals surface area contributed by atoms with Crippen LogP contribution in [0.25, 0.3) is 0 Å². The van der Waals surface area contributed by atoms with Gasteiger partial charge in [-0.2, -0.15) is 0 Å². The molecule has 2 saturated carbocycles. The van der Waals surface area contributed by atoms with Gasteiger partial charge in [0.25, 0.3) is 0 Å². The van der Waals surface area contributed by atoms with Gasteiger partial charge in [-0.15, -0.1) is 0 Å². The molecule has 3 aliphatic rings. The Labute approximate surface area is 128 Å². The van der Waals surface area contributed by atoms with Crippen LogP contribution in [0.4, 0.5) is 8.78 Å². The molecular weight excluding hydrogens is 286 g/mol. The summed E-state index contributed by atoms with van der Waals surface area (Å²) in [6, 6.07) is 4.18. The van der Waals surface area contributed by atoms with E-state index in [-0.39, 0.29) is 23.8 Å². The fourth-order valence-corrected chi connectivity index (χ4v) is 4.30. The van der Waals surface area contributed by atoms with Crippen LogP contribution < -0.4 is 5.73 Å². The summed E-state index contributed by atoms with van der Waals surface area (Å²) >= 11 is 0. The maximum Gasteiger partial charge on any atom is 0.226 e. The fourth-order valence-electron chi connectivity index (χ4n) is 4.30. The van der Waals surface area contributed by atoms with Gasteiger partial charge in [0.05, 0.1) is 0 Å². The molecule has 5 heteroatoms. The number of carbonyl (C=O) groups excluding carboxylic acids is 1. The molecule has 2 N–H and O–H groups in total. The van der Waals surface area contributed by atoms with E-state index in [1.54, 1.807) is 6.07 Å². The fraction of sp³-hybridized carbons (Fsp3) is 0.588. The van der Waals surface area contributed by atoms with Crippen molar-refractivity contribution in [3.8, 4) is 0 Å². The molecule has 4 rings (SSSR count). The standard InChI is InChI=1S/C17H20F2N2O/c18-14-3-1-9(5-15(14)19)11-6-12(11)17(22)21-7-10-2-4-16(20)13(10)8-21/h1,3,5,10-13,16H,2,4,6-8,20H2. The van der Waals surface area contributed by atoms with Crippen molar-refractivity contribution in [2.45, 2.75) is 31.2 Å². The van der Waals surface area contributed by atoms with Crippen molar-refractivity contribution >= 4 is 5.91 Å². The van der Waals surface area contributed by atoms with E-state index in [1.165, 1.54) is 6.07 Å². The van der Waals surface area contributed by atoms with Crippen LogP contribution >= 0.6 is 0 Å². The lowest BCUT2D eigenvalue weighted by Crippen LogP contribution is -2.34. The zero-order valence-corrected chi connectivity index (χ0v) is 12.3. The minimum atomic E-state index is -0.839.